The third-order valence-electron chi connectivity index (χ3n) is 4.59. The Morgan fingerprint density at radius 2 is 2.23 bits per heavy atom. The lowest BCUT2D eigenvalue weighted by atomic mass is 9.93. The van der Waals surface area contributed by atoms with Crippen molar-refractivity contribution in [2.75, 3.05) is 5.32 Å². The number of anilines is 1. The van der Waals surface area contributed by atoms with Gasteiger partial charge in [-0.25, -0.2) is 4.68 Å². The number of hydrogen-bond donors (Lipinski definition) is 1. The van der Waals surface area contributed by atoms with Crippen LogP contribution in [0.25, 0.3) is 0 Å². The molecule has 0 bridgehead atoms. The van der Waals surface area contributed by atoms with Crippen LogP contribution in [0.15, 0.2) is 30.5 Å². The van der Waals surface area contributed by atoms with E-state index in [4.69, 9.17) is 4.74 Å². The van der Waals surface area contributed by atoms with Gasteiger partial charge in [-0.3, -0.25) is 4.79 Å². The standard InChI is InChI=1S/C17H19N3O2/c1-11-4-2-5-12-10-14(22-16(11)12)17(21)19-15-8-9-18-20(15)13-6-3-7-13/h2,4-5,8-9,13-14H,3,6-7,10H2,1H3,(H,19,21). The highest BCUT2D eigenvalue weighted by Crippen LogP contribution is 2.34. The second-order valence-corrected chi connectivity index (χ2v) is 6.11. The lowest BCUT2D eigenvalue weighted by molar-refractivity contribution is -0.122. The van der Waals surface area contributed by atoms with Gasteiger partial charge in [-0.15, -0.1) is 0 Å². The van der Waals surface area contributed by atoms with Crippen molar-refractivity contribution in [3.05, 3.63) is 41.6 Å². The number of fused-ring (bicyclic) bond motifs is 1. The Morgan fingerprint density at radius 1 is 1.36 bits per heavy atom. The molecule has 5 heteroatoms. The molecule has 2 aliphatic rings. The van der Waals surface area contributed by atoms with Crippen LogP contribution >= 0.6 is 0 Å². The van der Waals surface area contributed by atoms with Gasteiger partial charge in [-0.2, -0.15) is 5.10 Å². The van der Waals surface area contributed by atoms with Gasteiger partial charge in [-0.1, -0.05) is 18.2 Å². The monoisotopic (exact) mass is 297 g/mol. The third kappa shape index (κ3) is 2.17. The van der Waals surface area contributed by atoms with Gasteiger partial charge < -0.3 is 10.1 Å². The number of amides is 1. The second kappa shape index (κ2) is 5.16. The van der Waals surface area contributed by atoms with Crippen LogP contribution in [0.4, 0.5) is 5.82 Å². The van der Waals surface area contributed by atoms with Crippen molar-refractivity contribution in [3.63, 3.8) is 0 Å². The molecule has 1 fully saturated rings. The summed E-state index contributed by atoms with van der Waals surface area (Å²) in [5.74, 6) is 1.53. The Bertz CT molecular complexity index is 718. The summed E-state index contributed by atoms with van der Waals surface area (Å²) in [5.41, 5.74) is 2.18. The van der Waals surface area contributed by atoms with E-state index in [0.717, 1.165) is 35.5 Å². The van der Waals surface area contributed by atoms with Crippen LogP contribution in [0.1, 0.15) is 36.4 Å². The minimum Gasteiger partial charge on any atom is -0.480 e. The molecule has 1 N–H and O–H groups in total. The van der Waals surface area contributed by atoms with Gasteiger partial charge in [0.15, 0.2) is 6.10 Å². The van der Waals surface area contributed by atoms with Crippen LogP contribution in [0.3, 0.4) is 0 Å². The molecule has 2 heterocycles. The Morgan fingerprint density at radius 3 is 2.95 bits per heavy atom. The van der Waals surface area contributed by atoms with Gasteiger partial charge >= 0.3 is 0 Å². The molecule has 4 rings (SSSR count). The van der Waals surface area contributed by atoms with E-state index >= 15 is 0 Å². The first kappa shape index (κ1) is 13.4. The normalized spacial score (nSPS) is 20.1. The van der Waals surface area contributed by atoms with Gasteiger partial charge in [-0.05, 0) is 37.3 Å². The van der Waals surface area contributed by atoms with E-state index in [-0.39, 0.29) is 5.91 Å². The van der Waals surface area contributed by atoms with E-state index < -0.39 is 6.10 Å². The molecule has 1 aromatic heterocycles. The lowest BCUT2D eigenvalue weighted by Gasteiger charge is -2.27. The zero-order chi connectivity index (χ0) is 15.1. The number of aromatic nitrogens is 2. The van der Waals surface area contributed by atoms with Gasteiger partial charge in [0.2, 0.25) is 0 Å². The second-order valence-electron chi connectivity index (χ2n) is 6.11. The van der Waals surface area contributed by atoms with Crippen LogP contribution in [0.5, 0.6) is 5.75 Å². The number of nitrogens with zero attached hydrogens (tertiary/aromatic N) is 2. The highest BCUT2D eigenvalue weighted by atomic mass is 16.5. The number of benzene rings is 1. The van der Waals surface area contributed by atoms with Crippen molar-refractivity contribution in [2.45, 2.75) is 44.8 Å². The Hall–Kier alpha value is -2.30. The quantitative estimate of drug-likeness (QED) is 0.947. The van der Waals surface area contributed by atoms with Crippen molar-refractivity contribution < 1.29 is 9.53 Å². The number of carbonyl (C=O) groups is 1. The summed E-state index contributed by atoms with van der Waals surface area (Å²) < 4.78 is 7.77. The average molecular weight is 297 g/mol. The largest absolute Gasteiger partial charge is 0.480 e. The Labute approximate surface area is 129 Å². The van der Waals surface area contributed by atoms with Crippen LogP contribution in [-0.2, 0) is 11.2 Å². The summed E-state index contributed by atoms with van der Waals surface area (Å²) in [4.78, 5) is 12.5. The van der Waals surface area contributed by atoms with Crippen LogP contribution < -0.4 is 10.1 Å². The SMILES string of the molecule is Cc1cccc2c1OC(C(=O)Nc1ccnn1C1CCC1)C2. The zero-order valence-electron chi connectivity index (χ0n) is 12.6. The fraction of sp³-hybridized carbons (Fsp3) is 0.412. The number of nitrogens with one attached hydrogen (secondary N) is 1. The maximum absolute atomic E-state index is 12.5. The van der Waals surface area contributed by atoms with Gasteiger partial charge in [0.05, 0.1) is 12.2 Å². The molecule has 0 saturated heterocycles. The molecule has 2 aromatic rings. The lowest BCUT2D eigenvalue weighted by Crippen LogP contribution is -2.33. The van der Waals surface area contributed by atoms with Crippen LogP contribution in [0.2, 0.25) is 0 Å². The van der Waals surface area contributed by atoms with Crippen LogP contribution in [-0.4, -0.2) is 21.8 Å². The summed E-state index contributed by atoms with van der Waals surface area (Å²) in [5, 5.41) is 7.31. The molecule has 114 valence electrons. The fourth-order valence-electron chi connectivity index (χ4n) is 3.11. The van der Waals surface area contributed by atoms with E-state index in [1.807, 2.05) is 35.9 Å². The molecule has 22 heavy (non-hydrogen) atoms. The third-order valence-corrected chi connectivity index (χ3v) is 4.59. The summed E-state index contributed by atoms with van der Waals surface area (Å²) in [7, 11) is 0. The maximum atomic E-state index is 12.5. The summed E-state index contributed by atoms with van der Waals surface area (Å²) in [6, 6.07) is 8.31. The molecule has 0 spiro atoms. The fourth-order valence-corrected chi connectivity index (χ4v) is 3.11. The van der Waals surface area contributed by atoms with Crippen molar-refractivity contribution in [1.82, 2.24) is 9.78 Å². The number of rotatable bonds is 3. The molecule has 0 radical (unpaired) electrons. The highest BCUT2D eigenvalue weighted by molar-refractivity contribution is 5.94. The Balaban J connectivity index is 1.48. The smallest absolute Gasteiger partial charge is 0.266 e. The first-order valence-corrected chi connectivity index (χ1v) is 7.82. The van der Waals surface area contributed by atoms with E-state index in [9.17, 15) is 4.79 Å². The number of hydrogen-bond acceptors (Lipinski definition) is 3. The first-order valence-electron chi connectivity index (χ1n) is 7.82. The summed E-state index contributed by atoms with van der Waals surface area (Å²) in [6.45, 7) is 2.00. The van der Waals surface area contributed by atoms with E-state index in [1.165, 1.54) is 6.42 Å². The minimum atomic E-state index is -0.458. The highest BCUT2D eigenvalue weighted by Gasteiger charge is 2.31. The van der Waals surface area contributed by atoms with Gasteiger partial charge in [0.1, 0.15) is 11.6 Å². The molecular weight excluding hydrogens is 278 g/mol. The minimum absolute atomic E-state index is 0.100. The average Bonchev–Trinajstić information content (AvgIpc) is 3.05. The predicted molar refractivity (Wildman–Crippen MR) is 83.0 cm³/mol. The first-order chi connectivity index (χ1) is 10.7. The Kier molecular flexibility index (Phi) is 3.13. The van der Waals surface area contributed by atoms with Crippen molar-refractivity contribution >= 4 is 11.7 Å². The van der Waals surface area contributed by atoms with Gasteiger partial charge in [0.25, 0.3) is 5.91 Å². The molecule has 1 amide bonds. The number of aryl methyl sites for hydroxylation is 1. The zero-order valence-corrected chi connectivity index (χ0v) is 12.6. The maximum Gasteiger partial charge on any atom is 0.266 e. The van der Waals surface area contributed by atoms with Crippen molar-refractivity contribution in [2.24, 2.45) is 0 Å². The van der Waals surface area contributed by atoms with Crippen LogP contribution in [0, 0.1) is 6.92 Å². The number of carbonyl (C=O) groups excluding carboxylic acids is 1. The predicted octanol–water partition coefficient (Wildman–Crippen LogP) is 2.86. The van der Waals surface area contributed by atoms with E-state index in [1.54, 1.807) is 6.20 Å². The van der Waals surface area contributed by atoms with Crippen molar-refractivity contribution in [1.29, 1.82) is 0 Å². The molecule has 1 saturated carbocycles. The molecule has 5 nitrogen and oxygen atoms in total. The molecule has 1 atom stereocenters. The molecule has 1 aliphatic heterocycles. The van der Waals surface area contributed by atoms with E-state index in [2.05, 4.69) is 10.4 Å². The number of ether oxygens (including phenoxy) is 1. The molecule has 1 aliphatic carbocycles. The topological polar surface area (TPSA) is 56.1 Å². The summed E-state index contributed by atoms with van der Waals surface area (Å²) >= 11 is 0. The molecule has 1 aromatic carbocycles. The molecule has 1 unspecified atom stereocenters. The van der Waals surface area contributed by atoms with Gasteiger partial charge in [0, 0.05) is 12.5 Å². The van der Waals surface area contributed by atoms with Crippen molar-refractivity contribution in [3.8, 4) is 5.75 Å². The summed E-state index contributed by atoms with van der Waals surface area (Å²) in [6.07, 6.45) is 5.41. The molecular formula is C17H19N3O2. The van der Waals surface area contributed by atoms with E-state index in [0.29, 0.717) is 12.5 Å². The number of para-hydroxylation sites is 1.